The Morgan fingerprint density at radius 3 is 1.73 bits per heavy atom. The maximum Gasteiger partial charge on any atom is 0.268 e. The molecule has 62 valence electrons. The molecule has 0 spiro atoms. The molecule has 0 radical (unpaired) electrons. The average molecular weight is 152 g/mol. The van der Waals surface area contributed by atoms with Gasteiger partial charge in [-0.3, -0.25) is 0 Å². The predicted octanol–water partition coefficient (Wildman–Crippen LogP) is 2.79. The van der Waals surface area contributed by atoms with E-state index in [0.717, 1.165) is 18.6 Å². The molecule has 1 saturated carbocycles. The lowest BCUT2D eigenvalue weighted by molar-refractivity contribution is -0.0116. The topological polar surface area (TPSA) is 36.4 Å². The van der Waals surface area contributed by atoms with E-state index in [1.54, 1.807) is 0 Å². The van der Waals surface area contributed by atoms with E-state index in [1.807, 2.05) is 0 Å². The van der Waals surface area contributed by atoms with Crippen LogP contribution in [0.25, 0.3) is 5.53 Å². The number of hydrogen-bond acceptors (Lipinski definition) is 0. The summed E-state index contributed by atoms with van der Waals surface area (Å²) in [5.41, 5.74) is 9.59. The molecule has 1 rings (SSSR count). The summed E-state index contributed by atoms with van der Waals surface area (Å²) in [5, 5.41) is 0. The largest absolute Gasteiger partial charge is 0.362 e. The molecule has 0 unspecified atom stereocenters. The zero-order chi connectivity index (χ0) is 7.94. The van der Waals surface area contributed by atoms with Crippen molar-refractivity contribution in [2.24, 2.45) is 0 Å². The zero-order valence-electron chi connectivity index (χ0n) is 7.05. The van der Waals surface area contributed by atoms with Gasteiger partial charge < -0.3 is 5.53 Å². The van der Waals surface area contributed by atoms with E-state index < -0.39 is 0 Å². The fraction of sp³-hybridized carbons (Fsp3) is 0.889. The van der Waals surface area contributed by atoms with Gasteiger partial charge in [-0.2, -0.15) is 4.79 Å². The summed E-state index contributed by atoms with van der Waals surface area (Å²) in [4.78, 5) is 3.31. The smallest absolute Gasteiger partial charge is 0.268 e. The predicted molar refractivity (Wildman–Crippen MR) is 45.6 cm³/mol. The van der Waals surface area contributed by atoms with E-state index in [-0.39, 0.29) is 0 Å². The Labute approximate surface area is 68.2 Å². The van der Waals surface area contributed by atoms with Crippen molar-refractivity contribution in [3.8, 4) is 0 Å². The van der Waals surface area contributed by atoms with Crippen LogP contribution in [0, 0.1) is 0 Å². The Morgan fingerprint density at radius 2 is 1.27 bits per heavy atom. The van der Waals surface area contributed by atoms with Crippen LogP contribution in [0.3, 0.4) is 0 Å². The summed E-state index contributed by atoms with van der Waals surface area (Å²) in [6.07, 6.45) is 9.77. The van der Waals surface area contributed by atoms with Gasteiger partial charge in [0.2, 0.25) is 0 Å². The minimum atomic E-state index is 1.01. The lowest BCUT2D eigenvalue weighted by atomic mass is 10.1. The number of hydrogen-bond donors (Lipinski definition) is 0. The first-order valence-corrected chi connectivity index (χ1v) is 4.63. The Morgan fingerprint density at radius 1 is 0.818 bits per heavy atom. The number of nitrogens with zero attached hydrogens (tertiary/aromatic N) is 2. The van der Waals surface area contributed by atoms with Crippen LogP contribution in [-0.4, -0.2) is 10.5 Å². The van der Waals surface area contributed by atoms with Gasteiger partial charge in [0, 0.05) is 12.8 Å². The van der Waals surface area contributed by atoms with Gasteiger partial charge in [0.15, 0.2) is 0 Å². The lowest BCUT2D eigenvalue weighted by Gasteiger charge is -1.92. The van der Waals surface area contributed by atoms with Crippen LogP contribution in [0.5, 0.6) is 0 Å². The maximum absolute atomic E-state index is 8.59. The summed E-state index contributed by atoms with van der Waals surface area (Å²) in [6, 6.07) is 0. The normalized spacial score (nSPS) is 21.3. The first-order valence-electron chi connectivity index (χ1n) is 4.63. The van der Waals surface area contributed by atoms with Crippen LogP contribution in [-0.2, 0) is 0 Å². The third-order valence-corrected chi connectivity index (χ3v) is 2.32. The van der Waals surface area contributed by atoms with Gasteiger partial charge in [0.05, 0.1) is 0 Å². The fourth-order valence-electron chi connectivity index (χ4n) is 1.59. The van der Waals surface area contributed by atoms with Crippen molar-refractivity contribution >= 4 is 5.71 Å². The Balaban J connectivity index is 2.37. The van der Waals surface area contributed by atoms with Crippen molar-refractivity contribution in [2.45, 2.75) is 51.4 Å². The highest BCUT2D eigenvalue weighted by Crippen LogP contribution is 2.13. The third kappa shape index (κ3) is 3.33. The summed E-state index contributed by atoms with van der Waals surface area (Å²) in [5.74, 6) is 0. The Kier molecular flexibility index (Phi) is 3.92. The summed E-state index contributed by atoms with van der Waals surface area (Å²) >= 11 is 0. The summed E-state index contributed by atoms with van der Waals surface area (Å²) < 4.78 is 0. The van der Waals surface area contributed by atoms with Crippen LogP contribution < -0.4 is 0 Å². The van der Waals surface area contributed by atoms with Crippen molar-refractivity contribution in [2.75, 3.05) is 0 Å². The van der Waals surface area contributed by atoms with Crippen LogP contribution >= 0.6 is 0 Å². The van der Waals surface area contributed by atoms with E-state index in [1.165, 1.54) is 38.5 Å². The average Bonchev–Trinajstić information content (AvgIpc) is 2.16. The van der Waals surface area contributed by atoms with Gasteiger partial charge >= 0.3 is 0 Å². The fourth-order valence-corrected chi connectivity index (χ4v) is 1.59. The van der Waals surface area contributed by atoms with Crippen molar-refractivity contribution in [1.82, 2.24) is 0 Å². The molecule has 0 heterocycles. The Hall–Kier alpha value is -0.620. The summed E-state index contributed by atoms with van der Waals surface area (Å²) in [6.45, 7) is 0. The van der Waals surface area contributed by atoms with Crippen molar-refractivity contribution in [3.05, 3.63) is 5.53 Å². The highest BCUT2D eigenvalue weighted by atomic mass is 14.9. The van der Waals surface area contributed by atoms with Crippen LogP contribution in [0.4, 0.5) is 0 Å². The first-order chi connectivity index (χ1) is 5.43. The second-order valence-electron chi connectivity index (χ2n) is 3.29. The number of rotatable bonds is 0. The molecule has 0 amide bonds. The molecule has 11 heavy (non-hydrogen) atoms. The molecule has 1 aliphatic rings. The molecule has 2 nitrogen and oxygen atoms in total. The SMILES string of the molecule is [N-]=[N+]=C1CCCCCCCC1. The van der Waals surface area contributed by atoms with Crippen LogP contribution in [0.2, 0.25) is 0 Å². The molecule has 0 bridgehead atoms. The zero-order valence-corrected chi connectivity index (χ0v) is 7.05. The second kappa shape index (κ2) is 5.09. The molecule has 0 atom stereocenters. The van der Waals surface area contributed by atoms with Crippen molar-refractivity contribution in [1.29, 1.82) is 0 Å². The van der Waals surface area contributed by atoms with E-state index in [2.05, 4.69) is 4.79 Å². The lowest BCUT2D eigenvalue weighted by Crippen LogP contribution is -1.98. The Bertz CT molecular complexity index is 145. The second-order valence-corrected chi connectivity index (χ2v) is 3.29. The van der Waals surface area contributed by atoms with Crippen LogP contribution in [0.15, 0.2) is 0 Å². The van der Waals surface area contributed by atoms with Crippen molar-refractivity contribution < 1.29 is 4.79 Å². The third-order valence-electron chi connectivity index (χ3n) is 2.32. The molecule has 0 aromatic rings. The molecule has 0 aromatic carbocycles. The standard InChI is InChI=1S/C9H16N2/c10-11-9-7-5-3-1-2-4-6-8-9/h1-8H2. The van der Waals surface area contributed by atoms with Crippen molar-refractivity contribution in [3.63, 3.8) is 0 Å². The van der Waals surface area contributed by atoms with E-state index in [0.29, 0.717) is 0 Å². The van der Waals surface area contributed by atoms with E-state index >= 15 is 0 Å². The molecule has 0 aromatic heterocycles. The summed E-state index contributed by atoms with van der Waals surface area (Å²) in [7, 11) is 0. The monoisotopic (exact) mass is 152 g/mol. The van der Waals surface area contributed by atoms with Gasteiger partial charge in [-0.25, -0.2) is 0 Å². The molecule has 1 aliphatic carbocycles. The van der Waals surface area contributed by atoms with Crippen LogP contribution in [0.1, 0.15) is 51.4 Å². The molecule has 1 fully saturated rings. The van der Waals surface area contributed by atoms with Gasteiger partial charge in [0.25, 0.3) is 5.71 Å². The molecule has 2 heteroatoms. The van der Waals surface area contributed by atoms with E-state index in [9.17, 15) is 0 Å². The van der Waals surface area contributed by atoms with Gasteiger partial charge in [-0.05, 0) is 12.8 Å². The molecular weight excluding hydrogens is 136 g/mol. The minimum absolute atomic E-state index is 1.01. The molecule has 0 N–H and O–H groups in total. The molecule has 0 saturated heterocycles. The highest BCUT2D eigenvalue weighted by molar-refractivity contribution is 5.78. The quantitative estimate of drug-likeness (QED) is 0.378. The van der Waals surface area contributed by atoms with Gasteiger partial charge in [0.1, 0.15) is 0 Å². The van der Waals surface area contributed by atoms with Gasteiger partial charge in [-0.1, -0.05) is 25.7 Å². The first kappa shape index (κ1) is 8.48. The minimum Gasteiger partial charge on any atom is -0.362 e. The maximum atomic E-state index is 8.59. The highest BCUT2D eigenvalue weighted by Gasteiger charge is 2.09. The molecular formula is C9H16N2. The van der Waals surface area contributed by atoms with E-state index in [4.69, 9.17) is 5.53 Å². The van der Waals surface area contributed by atoms with Gasteiger partial charge in [-0.15, -0.1) is 0 Å². The molecule has 0 aliphatic heterocycles.